The van der Waals surface area contributed by atoms with Crippen LogP contribution in [0.1, 0.15) is 103 Å². The number of ether oxygens (including phenoxy) is 1. The molecule has 4 rings (SSSR count). The van der Waals surface area contributed by atoms with E-state index in [0.29, 0.717) is 29.9 Å². The number of hydrogen-bond acceptors (Lipinski definition) is 1. The molecule has 0 aliphatic heterocycles. The van der Waals surface area contributed by atoms with Crippen LogP contribution in [-0.4, -0.2) is 6.61 Å². The Morgan fingerprint density at radius 2 is 1.26 bits per heavy atom. The van der Waals surface area contributed by atoms with Crippen molar-refractivity contribution in [3.05, 3.63) is 41.2 Å². The second-order valence-corrected chi connectivity index (χ2v) is 11.3. The van der Waals surface area contributed by atoms with Gasteiger partial charge in [-0.25, -0.2) is 8.78 Å². The highest BCUT2D eigenvalue weighted by molar-refractivity contribution is 5.86. The number of aryl methyl sites for hydroxylation is 1. The highest BCUT2D eigenvalue weighted by Crippen LogP contribution is 2.38. The first-order valence-electron chi connectivity index (χ1n) is 14.2. The van der Waals surface area contributed by atoms with E-state index in [2.05, 4.69) is 6.92 Å². The Hall–Kier alpha value is -1.71. The summed E-state index contributed by atoms with van der Waals surface area (Å²) in [7, 11) is 0. The monoisotopic (exact) mass is 488 g/mol. The maximum Gasteiger partial charge on any atom is 0.201 e. The molecule has 4 heteroatoms. The van der Waals surface area contributed by atoms with E-state index in [9.17, 15) is 13.2 Å². The van der Waals surface area contributed by atoms with Gasteiger partial charge in [-0.15, -0.1) is 0 Å². The first kappa shape index (κ1) is 26.4. The molecule has 2 saturated carbocycles. The lowest BCUT2D eigenvalue weighted by Gasteiger charge is -2.32. The summed E-state index contributed by atoms with van der Waals surface area (Å²) >= 11 is 0. The molecule has 0 spiro atoms. The van der Waals surface area contributed by atoms with Gasteiger partial charge in [-0.1, -0.05) is 96.6 Å². The Morgan fingerprint density at radius 1 is 0.686 bits per heavy atom. The number of fused-ring (bicyclic) bond motifs is 1. The van der Waals surface area contributed by atoms with Crippen molar-refractivity contribution in [1.29, 1.82) is 0 Å². The Labute approximate surface area is 209 Å². The minimum Gasteiger partial charge on any atom is -0.490 e. The predicted molar refractivity (Wildman–Crippen MR) is 138 cm³/mol. The van der Waals surface area contributed by atoms with Crippen LogP contribution in [0, 0.1) is 41.1 Å². The van der Waals surface area contributed by atoms with Gasteiger partial charge in [-0.3, -0.25) is 0 Å². The zero-order valence-corrected chi connectivity index (χ0v) is 21.7. The molecule has 2 aliphatic carbocycles. The van der Waals surface area contributed by atoms with Crippen LogP contribution in [0.25, 0.3) is 10.8 Å². The third-order valence-electron chi connectivity index (χ3n) is 8.78. The summed E-state index contributed by atoms with van der Waals surface area (Å²) in [6.45, 7) is 4.63. The van der Waals surface area contributed by atoms with E-state index in [1.165, 1.54) is 70.3 Å². The largest absolute Gasteiger partial charge is 0.490 e. The fourth-order valence-electron chi connectivity index (χ4n) is 6.55. The van der Waals surface area contributed by atoms with Crippen molar-refractivity contribution in [3.63, 3.8) is 0 Å². The number of benzene rings is 2. The first-order chi connectivity index (χ1) is 17.0. The van der Waals surface area contributed by atoms with Gasteiger partial charge >= 0.3 is 0 Å². The topological polar surface area (TPSA) is 9.23 Å². The minimum absolute atomic E-state index is 0.0987. The lowest BCUT2D eigenvalue weighted by molar-refractivity contribution is 0.165. The van der Waals surface area contributed by atoms with Gasteiger partial charge < -0.3 is 4.74 Å². The summed E-state index contributed by atoms with van der Waals surface area (Å²) in [5, 5.41) is 0.0869. The van der Waals surface area contributed by atoms with Gasteiger partial charge in [0.15, 0.2) is 11.6 Å². The predicted octanol–water partition coefficient (Wildman–Crippen LogP) is 9.78. The second-order valence-electron chi connectivity index (χ2n) is 11.3. The zero-order chi connectivity index (χ0) is 24.8. The maximum absolute atomic E-state index is 14.8. The van der Waals surface area contributed by atoms with E-state index in [4.69, 9.17) is 4.74 Å². The van der Waals surface area contributed by atoms with Crippen LogP contribution >= 0.6 is 0 Å². The van der Waals surface area contributed by atoms with E-state index >= 15 is 0 Å². The highest BCUT2D eigenvalue weighted by atomic mass is 19.2. The van der Waals surface area contributed by atoms with E-state index in [1.54, 1.807) is 12.1 Å². The first-order valence-corrected chi connectivity index (χ1v) is 14.2. The van der Waals surface area contributed by atoms with E-state index in [-0.39, 0.29) is 11.1 Å². The molecular weight excluding hydrogens is 445 g/mol. The molecule has 2 aliphatic rings. The summed E-state index contributed by atoms with van der Waals surface area (Å²) < 4.78 is 50.0. The normalized spacial score (nSPS) is 25.2. The van der Waals surface area contributed by atoms with Gasteiger partial charge in [-0.2, -0.15) is 4.39 Å². The smallest absolute Gasteiger partial charge is 0.201 e. The molecule has 0 saturated heterocycles. The molecule has 2 fully saturated rings. The molecular formula is C31H43F3O. The molecule has 0 unspecified atom stereocenters. The van der Waals surface area contributed by atoms with Crippen molar-refractivity contribution in [2.75, 3.05) is 6.61 Å². The van der Waals surface area contributed by atoms with Gasteiger partial charge in [0.2, 0.25) is 5.82 Å². The van der Waals surface area contributed by atoms with Gasteiger partial charge in [0.25, 0.3) is 0 Å². The molecule has 0 heterocycles. The third-order valence-corrected chi connectivity index (χ3v) is 8.78. The molecule has 0 aromatic heterocycles. The van der Waals surface area contributed by atoms with Crippen LogP contribution in [-0.2, 0) is 6.42 Å². The van der Waals surface area contributed by atoms with Gasteiger partial charge in [-0.05, 0) is 60.0 Å². The summed E-state index contributed by atoms with van der Waals surface area (Å²) in [5.74, 6) is 0.112. The van der Waals surface area contributed by atoms with E-state index < -0.39 is 17.5 Å². The van der Waals surface area contributed by atoms with Crippen LogP contribution in [0.4, 0.5) is 13.2 Å². The van der Waals surface area contributed by atoms with Gasteiger partial charge in [0.1, 0.15) is 5.82 Å². The molecule has 0 bridgehead atoms. The molecule has 2 aromatic carbocycles. The SMILES string of the molecule is CCCc1ccc2cc(OCC3CCC(CCC4CCC(CCC)CC4)CC3)c(F)c(F)c2c1F. The molecule has 194 valence electrons. The van der Waals surface area contributed by atoms with Gasteiger partial charge in [0.05, 0.1) is 12.0 Å². The minimum atomic E-state index is -1.14. The van der Waals surface area contributed by atoms with Gasteiger partial charge in [0, 0.05) is 0 Å². The maximum atomic E-state index is 14.8. The number of rotatable bonds is 10. The molecule has 1 nitrogen and oxygen atoms in total. The van der Waals surface area contributed by atoms with E-state index in [0.717, 1.165) is 37.0 Å². The van der Waals surface area contributed by atoms with Crippen molar-refractivity contribution in [2.45, 2.75) is 104 Å². The molecule has 2 aromatic rings. The average molecular weight is 489 g/mol. The van der Waals surface area contributed by atoms with Crippen molar-refractivity contribution in [3.8, 4) is 5.75 Å². The van der Waals surface area contributed by atoms with Crippen LogP contribution in [0.5, 0.6) is 5.75 Å². The highest BCUT2D eigenvalue weighted by Gasteiger charge is 2.26. The zero-order valence-electron chi connectivity index (χ0n) is 21.7. The molecule has 0 amide bonds. The third kappa shape index (κ3) is 6.54. The Balaban J connectivity index is 1.25. The lowest BCUT2D eigenvalue weighted by Crippen LogP contribution is -2.21. The van der Waals surface area contributed by atoms with Crippen molar-refractivity contribution in [2.24, 2.45) is 23.7 Å². The average Bonchev–Trinajstić information content (AvgIpc) is 2.87. The fourth-order valence-corrected chi connectivity index (χ4v) is 6.55. The van der Waals surface area contributed by atoms with Crippen LogP contribution in [0.3, 0.4) is 0 Å². The summed E-state index contributed by atoms with van der Waals surface area (Å²) in [4.78, 5) is 0. The molecule has 0 radical (unpaired) electrons. The van der Waals surface area contributed by atoms with Crippen molar-refractivity contribution in [1.82, 2.24) is 0 Å². The molecule has 35 heavy (non-hydrogen) atoms. The van der Waals surface area contributed by atoms with Crippen LogP contribution in [0.2, 0.25) is 0 Å². The van der Waals surface area contributed by atoms with Crippen LogP contribution < -0.4 is 4.74 Å². The quantitative estimate of drug-likeness (QED) is 0.323. The Morgan fingerprint density at radius 3 is 1.83 bits per heavy atom. The summed E-state index contributed by atoms with van der Waals surface area (Å²) in [5.41, 5.74) is 0.424. The Kier molecular flexibility index (Phi) is 9.41. The second kappa shape index (κ2) is 12.5. The number of hydrogen-bond donors (Lipinski definition) is 0. The molecule has 0 atom stereocenters. The fraction of sp³-hybridized carbons (Fsp3) is 0.677. The number of halogens is 3. The molecule has 0 N–H and O–H groups in total. The summed E-state index contributed by atoms with van der Waals surface area (Å²) in [6.07, 6.45) is 17.0. The van der Waals surface area contributed by atoms with Crippen molar-refractivity contribution < 1.29 is 17.9 Å². The van der Waals surface area contributed by atoms with E-state index in [1.807, 2.05) is 6.92 Å². The standard InChI is InChI=1S/C31H43F3O/c1-3-5-21-7-9-22(10-8-21)11-12-23-13-15-24(16-14-23)20-35-27-19-26-18-17-25(6-4-2)29(32)28(26)31(34)30(27)33/h17-19,21-24H,3-16,20H2,1-2H3. The lowest BCUT2D eigenvalue weighted by atomic mass is 9.75. The van der Waals surface area contributed by atoms with Crippen LogP contribution in [0.15, 0.2) is 18.2 Å². The summed E-state index contributed by atoms with van der Waals surface area (Å²) in [6, 6.07) is 4.79. The van der Waals surface area contributed by atoms with Crippen molar-refractivity contribution >= 4 is 10.8 Å². The Bertz CT molecular complexity index is 956.